The first kappa shape index (κ1) is 10.4. The second-order valence-electron chi connectivity index (χ2n) is 3.40. The van der Waals surface area contributed by atoms with Crippen LogP contribution in [0.3, 0.4) is 0 Å². The van der Waals surface area contributed by atoms with Crippen LogP contribution in [-0.2, 0) is 11.6 Å². The monoisotopic (exact) mass is 271 g/mol. The zero-order valence-electron chi connectivity index (χ0n) is 8.15. The smallest absolute Gasteiger partial charge is 0.152 e. The van der Waals surface area contributed by atoms with Crippen LogP contribution in [0.25, 0.3) is 5.69 Å². The van der Waals surface area contributed by atoms with Gasteiger partial charge in [-0.1, -0.05) is 11.6 Å². The van der Waals surface area contributed by atoms with Gasteiger partial charge in [0.1, 0.15) is 5.82 Å². The van der Waals surface area contributed by atoms with Crippen LogP contribution < -0.4 is 0 Å². The number of halogens is 2. The van der Waals surface area contributed by atoms with Gasteiger partial charge in [0, 0.05) is 9.92 Å². The van der Waals surface area contributed by atoms with E-state index in [1.165, 1.54) is 0 Å². The normalized spacial score (nSPS) is 13.4. The van der Waals surface area contributed by atoms with Gasteiger partial charge in [-0.2, -0.15) is 0 Å². The Morgan fingerprint density at radius 1 is 1.38 bits per heavy atom. The van der Waals surface area contributed by atoms with Crippen LogP contribution in [0, 0.1) is 0 Å². The molecule has 2 aromatic rings. The second-order valence-corrected chi connectivity index (χ2v) is 5.12. The first-order valence-corrected chi connectivity index (χ1v) is 6.61. The Balaban J connectivity index is 2.24. The molecule has 82 valence electrons. The zero-order chi connectivity index (χ0) is 11.1. The lowest BCUT2D eigenvalue weighted by molar-refractivity contribution is 0.886. The van der Waals surface area contributed by atoms with E-state index in [1.807, 2.05) is 22.8 Å². The fourth-order valence-electron chi connectivity index (χ4n) is 1.74. The molecule has 0 radical (unpaired) electrons. The molecule has 0 fully saturated rings. The summed E-state index contributed by atoms with van der Waals surface area (Å²) < 4.78 is 2.01. The average Bonchev–Trinajstić information content (AvgIpc) is 2.71. The van der Waals surface area contributed by atoms with Crippen molar-refractivity contribution in [1.29, 1.82) is 0 Å². The van der Waals surface area contributed by atoms with Gasteiger partial charge in [0.05, 0.1) is 17.3 Å². The molecule has 0 aliphatic carbocycles. The first-order chi connectivity index (χ1) is 7.79. The van der Waals surface area contributed by atoms with E-state index in [-0.39, 0.29) is 0 Å². The number of aromatic nitrogens is 3. The molecule has 0 N–H and O–H groups in total. The summed E-state index contributed by atoms with van der Waals surface area (Å²) in [6, 6.07) is 5.81. The molecule has 0 saturated heterocycles. The standard InChI is InChI=1S/C10H7Cl2N3S/c11-4-9-13-14-10-5-16-8-3-6(12)1-2-7(8)15(9)10/h1-3H,4-5H2. The van der Waals surface area contributed by atoms with Crippen molar-refractivity contribution in [3.05, 3.63) is 34.9 Å². The van der Waals surface area contributed by atoms with Crippen LogP contribution in [0.2, 0.25) is 5.02 Å². The summed E-state index contributed by atoms with van der Waals surface area (Å²) in [5.41, 5.74) is 1.07. The summed E-state index contributed by atoms with van der Waals surface area (Å²) in [4.78, 5) is 1.14. The molecule has 1 aromatic carbocycles. The van der Waals surface area contributed by atoms with Crippen LogP contribution in [0.15, 0.2) is 23.1 Å². The molecular formula is C10H7Cl2N3S. The summed E-state index contributed by atoms with van der Waals surface area (Å²) in [5, 5.41) is 8.94. The molecule has 0 bridgehead atoms. The molecule has 3 nitrogen and oxygen atoms in total. The third-order valence-corrected chi connectivity index (χ3v) is 3.95. The van der Waals surface area contributed by atoms with E-state index < -0.39 is 0 Å². The SMILES string of the molecule is ClCc1nnc2n1-c1ccc(Cl)cc1SC2. The van der Waals surface area contributed by atoms with Crippen molar-refractivity contribution in [1.82, 2.24) is 14.8 Å². The van der Waals surface area contributed by atoms with Gasteiger partial charge in [0.15, 0.2) is 5.82 Å². The average molecular weight is 272 g/mol. The molecule has 16 heavy (non-hydrogen) atoms. The second kappa shape index (κ2) is 3.95. The maximum atomic E-state index is 5.97. The highest BCUT2D eigenvalue weighted by molar-refractivity contribution is 7.98. The first-order valence-electron chi connectivity index (χ1n) is 4.71. The van der Waals surface area contributed by atoms with E-state index in [0.717, 1.165) is 33.0 Å². The molecule has 0 atom stereocenters. The van der Waals surface area contributed by atoms with Crippen LogP contribution in [0.5, 0.6) is 0 Å². The highest BCUT2D eigenvalue weighted by atomic mass is 35.5. The van der Waals surface area contributed by atoms with Gasteiger partial charge in [0.2, 0.25) is 0 Å². The van der Waals surface area contributed by atoms with Crippen molar-refractivity contribution >= 4 is 35.0 Å². The summed E-state index contributed by atoms with van der Waals surface area (Å²) >= 11 is 13.5. The summed E-state index contributed by atoms with van der Waals surface area (Å²) in [6.07, 6.45) is 0. The Bertz CT molecular complexity index is 539. The number of hydrogen-bond donors (Lipinski definition) is 0. The minimum Gasteiger partial charge on any atom is -0.280 e. The van der Waals surface area contributed by atoms with E-state index in [1.54, 1.807) is 11.8 Å². The molecule has 1 aliphatic heterocycles. The van der Waals surface area contributed by atoms with Crippen molar-refractivity contribution in [2.45, 2.75) is 16.5 Å². The van der Waals surface area contributed by atoms with Gasteiger partial charge in [0.25, 0.3) is 0 Å². The Kier molecular flexibility index (Phi) is 2.58. The third-order valence-electron chi connectivity index (χ3n) is 2.44. The fraction of sp³-hybridized carbons (Fsp3) is 0.200. The maximum Gasteiger partial charge on any atom is 0.152 e. The topological polar surface area (TPSA) is 30.7 Å². The van der Waals surface area contributed by atoms with Gasteiger partial charge in [-0.05, 0) is 18.2 Å². The number of nitrogens with zero attached hydrogens (tertiary/aromatic N) is 3. The molecule has 0 spiro atoms. The predicted octanol–water partition coefficient (Wildman–Crippen LogP) is 3.27. The number of alkyl halides is 1. The van der Waals surface area contributed by atoms with Crippen LogP contribution >= 0.6 is 35.0 Å². The van der Waals surface area contributed by atoms with Crippen molar-refractivity contribution in [3.8, 4) is 5.69 Å². The number of rotatable bonds is 1. The zero-order valence-corrected chi connectivity index (χ0v) is 10.5. The van der Waals surface area contributed by atoms with E-state index in [0.29, 0.717) is 5.88 Å². The van der Waals surface area contributed by atoms with Gasteiger partial charge in [-0.3, -0.25) is 4.57 Å². The van der Waals surface area contributed by atoms with Crippen LogP contribution in [0.1, 0.15) is 11.6 Å². The number of thioether (sulfide) groups is 1. The number of fused-ring (bicyclic) bond motifs is 3. The largest absolute Gasteiger partial charge is 0.280 e. The Hall–Kier alpha value is -0.710. The molecule has 0 saturated carbocycles. The highest BCUT2D eigenvalue weighted by Gasteiger charge is 2.21. The quantitative estimate of drug-likeness (QED) is 0.746. The van der Waals surface area contributed by atoms with Gasteiger partial charge in [-0.15, -0.1) is 33.6 Å². The molecule has 1 aromatic heterocycles. The number of benzene rings is 1. The minimum atomic E-state index is 0.361. The predicted molar refractivity (Wildman–Crippen MR) is 65.5 cm³/mol. The van der Waals surface area contributed by atoms with Crippen molar-refractivity contribution in [2.75, 3.05) is 0 Å². The molecule has 1 aliphatic rings. The number of hydrogen-bond acceptors (Lipinski definition) is 3. The fourth-order valence-corrected chi connectivity index (χ4v) is 3.14. The maximum absolute atomic E-state index is 5.97. The van der Waals surface area contributed by atoms with Crippen LogP contribution in [0.4, 0.5) is 0 Å². The molecule has 6 heteroatoms. The summed E-state index contributed by atoms with van der Waals surface area (Å²) in [6.45, 7) is 0. The lowest BCUT2D eigenvalue weighted by atomic mass is 10.3. The molecule has 0 unspecified atom stereocenters. The van der Waals surface area contributed by atoms with E-state index in [4.69, 9.17) is 23.2 Å². The van der Waals surface area contributed by atoms with Crippen molar-refractivity contribution in [3.63, 3.8) is 0 Å². The van der Waals surface area contributed by atoms with Gasteiger partial charge >= 0.3 is 0 Å². The minimum absolute atomic E-state index is 0.361. The van der Waals surface area contributed by atoms with Crippen LogP contribution in [-0.4, -0.2) is 14.8 Å². The molecular weight excluding hydrogens is 265 g/mol. The van der Waals surface area contributed by atoms with E-state index >= 15 is 0 Å². The van der Waals surface area contributed by atoms with Gasteiger partial charge < -0.3 is 0 Å². The highest BCUT2D eigenvalue weighted by Crippen LogP contribution is 2.36. The Morgan fingerprint density at radius 3 is 3.06 bits per heavy atom. The van der Waals surface area contributed by atoms with Crippen molar-refractivity contribution in [2.24, 2.45) is 0 Å². The third kappa shape index (κ3) is 1.52. The van der Waals surface area contributed by atoms with E-state index in [2.05, 4.69) is 10.2 Å². The molecule has 3 rings (SSSR count). The van der Waals surface area contributed by atoms with Gasteiger partial charge in [-0.25, -0.2) is 0 Å². The molecule has 0 amide bonds. The van der Waals surface area contributed by atoms with E-state index in [9.17, 15) is 0 Å². The lowest BCUT2D eigenvalue weighted by Gasteiger charge is -2.18. The Morgan fingerprint density at radius 2 is 2.25 bits per heavy atom. The lowest BCUT2D eigenvalue weighted by Crippen LogP contribution is -2.08. The summed E-state index contributed by atoms with van der Waals surface area (Å²) in [7, 11) is 0. The Labute approximate surface area is 107 Å². The summed E-state index contributed by atoms with van der Waals surface area (Å²) in [5.74, 6) is 2.88. The molecule has 2 heterocycles. The van der Waals surface area contributed by atoms with Crippen molar-refractivity contribution < 1.29 is 0 Å².